The van der Waals surface area contributed by atoms with E-state index in [1.54, 1.807) is 30.0 Å². The van der Waals surface area contributed by atoms with Gasteiger partial charge in [-0.25, -0.2) is 4.39 Å². The second kappa shape index (κ2) is 8.33. The van der Waals surface area contributed by atoms with Gasteiger partial charge >= 0.3 is 0 Å². The van der Waals surface area contributed by atoms with Crippen LogP contribution in [0.5, 0.6) is 0 Å². The number of hydrogen-bond donors (Lipinski definition) is 0. The van der Waals surface area contributed by atoms with Crippen LogP contribution in [0.25, 0.3) is 0 Å². The highest BCUT2D eigenvalue weighted by molar-refractivity contribution is 7.98. The molecule has 4 heteroatoms. The second-order valence-electron chi connectivity index (χ2n) is 4.74. The minimum atomic E-state index is -0.297. The Morgan fingerprint density at radius 2 is 2.11 bits per heavy atom. The fourth-order valence-electron chi connectivity index (χ4n) is 2.07. The summed E-state index contributed by atoms with van der Waals surface area (Å²) in [7, 11) is 1.96. The normalized spacial score (nSPS) is 12.7. The van der Waals surface area contributed by atoms with Crippen LogP contribution in [-0.4, -0.2) is 42.3 Å². The van der Waals surface area contributed by atoms with Crippen molar-refractivity contribution in [3.63, 3.8) is 0 Å². The molecule has 1 unspecified atom stereocenters. The van der Waals surface area contributed by atoms with Crippen LogP contribution in [0.4, 0.5) is 4.39 Å². The molecule has 0 N–H and O–H groups in total. The Morgan fingerprint density at radius 1 is 1.42 bits per heavy atom. The lowest BCUT2D eigenvalue weighted by Crippen LogP contribution is -2.37. The number of thioether (sulfide) groups is 1. The minimum absolute atomic E-state index is 0.0622. The first-order valence-electron chi connectivity index (χ1n) is 6.52. The molecule has 0 spiro atoms. The predicted octanol–water partition coefficient (Wildman–Crippen LogP) is 3.01. The molecule has 19 heavy (non-hydrogen) atoms. The lowest BCUT2D eigenvalue weighted by Gasteiger charge is -2.25. The van der Waals surface area contributed by atoms with Crippen LogP contribution >= 0.6 is 11.8 Å². The molecular weight excluding hydrogens is 261 g/mol. The van der Waals surface area contributed by atoms with Gasteiger partial charge in [0.05, 0.1) is 6.54 Å². The van der Waals surface area contributed by atoms with E-state index in [0.717, 1.165) is 12.2 Å². The molecule has 0 aromatic heterocycles. The number of likely N-dealkylation sites (N-methyl/N-ethyl adjacent to an activating group) is 1. The van der Waals surface area contributed by atoms with Gasteiger partial charge in [0.25, 0.3) is 0 Å². The van der Waals surface area contributed by atoms with E-state index in [4.69, 9.17) is 0 Å². The minimum Gasteiger partial charge on any atom is -0.298 e. The molecule has 2 nitrogen and oxygen atoms in total. The molecule has 0 heterocycles. The molecule has 1 aromatic rings. The summed E-state index contributed by atoms with van der Waals surface area (Å²) in [6.45, 7) is 2.51. The van der Waals surface area contributed by atoms with E-state index in [1.165, 1.54) is 6.07 Å². The smallest absolute Gasteiger partial charge is 0.151 e. The zero-order valence-electron chi connectivity index (χ0n) is 11.9. The summed E-state index contributed by atoms with van der Waals surface area (Å²) in [6.07, 6.45) is 3.26. The zero-order valence-corrected chi connectivity index (χ0v) is 12.7. The maximum absolute atomic E-state index is 13.5. The highest BCUT2D eigenvalue weighted by Crippen LogP contribution is 2.10. The lowest BCUT2D eigenvalue weighted by atomic mass is 10.1. The summed E-state index contributed by atoms with van der Waals surface area (Å²) >= 11 is 1.78. The maximum atomic E-state index is 13.5. The van der Waals surface area contributed by atoms with Crippen molar-refractivity contribution >= 4 is 17.5 Å². The quantitative estimate of drug-likeness (QED) is 0.731. The van der Waals surface area contributed by atoms with Crippen LogP contribution in [0.15, 0.2) is 24.3 Å². The first kappa shape index (κ1) is 16.2. The van der Waals surface area contributed by atoms with Gasteiger partial charge in [0.1, 0.15) is 5.82 Å². The fraction of sp³-hybridized carbons (Fsp3) is 0.533. The summed E-state index contributed by atoms with van der Waals surface area (Å²) in [6, 6.07) is 6.87. The summed E-state index contributed by atoms with van der Waals surface area (Å²) in [5, 5.41) is 0. The fourth-order valence-corrected chi connectivity index (χ4v) is 2.94. The van der Waals surface area contributed by atoms with Crippen molar-refractivity contribution in [3.8, 4) is 0 Å². The number of benzene rings is 1. The third-order valence-corrected chi connectivity index (χ3v) is 3.94. The zero-order chi connectivity index (χ0) is 14.3. The van der Waals surface area contributed by atoms with Crippen molar-refractivity contribution in [3.05, 3.63) is 35.6 Å². The lowest BCUT2D eigenvalue weighted by molar-refractivity contribution is -0.119. The Labute approximate surface area is 119 Å². The molecule has 0 aliphatic heterocycles. The Hall–Kier alpha value is -0.870. The standard InChI is InChI=1S/C15H22FNOS/c1-4-13(11-19-3)17(2)10-14(18)9-12-7-5-6-8-15(12)16/h5-8,13H,4,9-11H2,1-3H3. The molecule has 1 rings (SSSR count). The van der Waals surface area contributed by atoms with Crippen molar-refractivity contribution in [1.82, 2.24) is 4.90 Å². The van der Waals surface area contributed by atoms with E-state index < -0.39 is 0 Å². The highest BCUT2D eigenvalue weighted by atomic mass is 32.2. The van der Waals surface area contributed by atoms with Crippen LogP contribution < -0.4 is 0 Å². The van der Waals surface area contributed by atoms with Crippen molar-refractivity contribution < 1.29 is 9.18 Å². The van der Waals surface area contributed by atoms with Crippen LogP contribution in [0.3, 0.4) is 0 Å². The molecule has 0 saturated carbocycles. The molecule has 1 aromatic carbocycles. The van der Waals surface area contributed by atoms with Crippen LogP contribution in [0, 0.1) is 5.82 Å². The molecule has 0 aliphatic carbocycles. The SMILES string of the molecule is CCC(CSC)N(C)CC(=O)Cc1ccccc1F. The van der Waals surface area contributed by atoms with Gasteiger partial charge in [0.15, 0.2) is 5.78 Å². The number of rotatable bonds is 8. The average Bonchev–Trinajstić information content (AvgIpc) is 2.38. The molecule has 0 bridgehead atoms. The van der Waals surface area contributed by atoms with Crippen LogP contribution in [-0.2, 0) is 11.2 Å². The van der Waals surface area contributed by atoms with Gasteiger partial charge in [-0.05, 0) is 31.4 Å². The predicted molar refractivity (Wildman–Crippen MR) is 80.2 cm³/mol. The summed E-state index contributed by atoms with van der Waals surface area (Å²) < 4.78 is 13.5. The molecule has 106 valence electrons. The number of halogens is 1. The second-order valence-corrected chi connectivity index (χ2v) is 5.65. The first-order valence-corrected chi connectivity index (χ1v) is 7.92. The van der Waals surface area contributed by atoms with E-state index in [2.05, 4.69) is 18.1 Å². The van der Waals surface area contributed by atoms with E-state index in [1.807, 2.05) is 7.05 Å². The Bertz CT molecular complexity index is 411. The first-order chi connectivity index (χ1) is 9.08. The van der Waals surface area contributed by atoms with Gasteiger partial charge in [0, 0.05) is 18.2 Å². The van der Waals surface area contributed by atoms with Crippen LogP contribution in [0.1, 0.15) is 18.9 Å². The number of nitrogens with zero attached hydrogens (tertiary/aromatic N) is 1. The maximum Gasteiger partial charge on any atom is 0.151 e. The molecule has 0 aliphatic rings. The topological polar surface area (TPSA) is 20.3 Å². The number of ketones is 1. The van der Waals surface area contributed by atoms with Crippen molar-refractivity contribution in [1.29, 1.82) is 0 Å². The number of carbonyl (C=O) groups excluding carboxylic acids is 1. The van der Waals surface area contributed by atoms with Crippen LogP contribution in [0.2, 0.25) is 0 Å². The van der Waals surface area contributed by atoms with E-state index >= 15 is 0 Å². The molecule has 0 saturated heterocycles. The van der Waals surface area contributed by atoms with Gasteiger partial charge in [-0.2, -0.15) is 11.8 Å². The number of Topliss-reactive ketones (excluding diaryl/α,β-unsaturated/α-hetero) is 1. The molecule has 0 amide bonds. The third-order valence-electron chi connectivity index (χ3n) is 3.22. The van der Waals surface area contributed by atoms with E-state index in [0.29, 0.717) is 18.2 Å². The monoisotopic (exact) mass is 283 g/mol. The summed E-state index contributed by atoms with van der Waals surface area (Å²) in [5.74, 6) is 0.779. The largest absolute Gasteiger partial charge is 0.298 e. The van der Waals surface area contributed by atoms with E-state index in [-0.39, 0.29) is 18.0 Å². The Balaban J connectivity index is 2.53. The molecule has 0 fully saturated rings. The summed E-state index contributed by atoms with van der Waals surface area (Å²) in [5.41, 5.74) is 0.485. The van der Waals surface area contributed by atoms with Crippen molar-refractivity contribution in [2.45, 2.75) is 25.8 Å². The van der Waals surface area contributed by atoms with Gasteiger partial charge in [-0.3, -0.25) is 9.69 Å². The molecule has 1 atom stereocenters. The Kier molecular flexibility index (Phi) is 7.10. The van der Waals surface area contributed by atoms with Crippen molar-refractivity contribution in [2.24, 2.45) is 0 Å². The number of carbonyl (C=O) groups is 1. The van der Waals surface area contributed by atoms with Gasteiger partial charge < -0.3 is 0 Å². The Morgan fingerprint density at radius 3 is 2.68 bits per heavy atom. The summed E-state index contributed by atoms with van der Waals surface area (Å²) in [4.78, 5) is 14.1. The van der Waals surface area contributed by atoms with Gasteiger partial charge in [-0.1, -0.05) is 25.1 Å². The van der Waals surface area contributed by atoms with Gasteiger partial charge in [-0.15, -0.1) is 0 Å². The van der Waals surface area contributed by atoms with Gasteiger partial charge in [0.2, 0.25) is 0 Å². The molecular formula is C15H22FNOS. The molecule has 0 radical (unpaired) electrons. The third kappa shape index (κ3) is 5.33. The number of hydrogen-bond acceptors (Lipinski definition) is 3. The van der Waals surface area contributed by atoms with Crippen molar-refractivity contribution in [2.75, 3.05) is 25.6 Å². The van der Waals surface area contributed by atoms with E-state index in [9.17, 15) is 9.18 Å². The highest BCUT2D eigenvalue weighted by Gasteiger charge is 2.16. The average molecular weight is 283 g/mol.